The number of amides is 2. The maximum atomic E-state index is 12.6. The van der Waals surface area contributed by atoms with Gasteiger partial charge in [0.25, 0.3) is 5.91 Å². The molecular formula is C21H21N3O2S2. The van der Waals surface area contributed by atoms with Crippen LogP contribution in [0, 0.1) is 13.8 Å². The maximum Gasteiger partial charge on any atom is 0.255 e. The van der Waals surface area contributed by atoms with Crippen LogP contribution in [0.3, 0.4) is 0 Å². The first kappa shape index (κ1) is 20.1. The number of hydrogen-bond donors (Lipinski definition) is 2. The molecule has 0 atom stereocenters. The molecule has 0 fully saturated rings. The van der Waals surface area contributed by atoms with Crippen molar-refractivity contribution in [3.63, 3.8) is 0 Å². The van der Waals surface area contributed by atoms with Crippen LogP contribution in [0.25, 0.3) is 0 Å². The second-order valence-electron chi connectivity index (χ2n) is 6.42. The van der Waals surface area contributed by atoms with Crippen molar-refractivity contribution in [3.05, 3.63) is 70.2 Å². The lowest BCUT2D eigenvalue weighted by atomic mass is 10.1. The lowest BCUT2D eigenvalue weighted by Gasteiger charge is -2.12. The minimum absolute atomic E-state index is 0.184. The van der Waals surface area contributed by atoms with Gasteiger partial charge < -0.3 is 10.6 Å². The average Bonchev–Trinajstić information content (AvgIpc) is 3.07. The standard InChI is InChI=1S/C21H21N3O2S2/c1-13-4-9-18(23-15(3)25)19(10-13)24-20(26)17-7-5-16(6-8-17)12-28-21-22-14(2)11-27-21/h4-11H,12H2,1-3H3,(H,23,25)(H,24,26). The van der Waals surface area contributed by atoms with Gasteiger partial charge in [0, 0.05) is 29.3 Å². The minimum atomic E-state index is -0.216. The van der Waals surface area contributed by atoms with E-state index in [2.05, 4.69) is 15.6 Å². The van der Waals surface area contributed by atoms with E-state index in [9.17, 15) is 9.59 Å². The number of thioether (sulfide) groups is 1. The minimum Gasteiger partial charge on any atom is -0.325 e. The Kier molecular flexibility index (Phi) is 6.49. The fraction of sp³-hybridized carbons (Fsp3) is 0.190. The summed E-state index contributed by atoms with van der Waals surface area (Å²) in [7, 11) is 0. The zero-order valence-electron chi connectivity index (χ0n) is 15.9. The molecule has 2 N–H and O–H groups in total. The van der Waals surface area contributed by atoms with Gasteiger partial charge in [-0.2, -0.15) is 0 Å². The van der Waals surface area contributed by atoms with Crippen LogP contribution in [-0.4, -0.2) is 16.8 Å². The van der Waals surface area contributed by atoms with Crippen LogP contribution >= 0.6 is 23.1 Å². The summed E-state index contributed by atoms with van der Waals surface area (Å²) in [5, 5.41) is 7.66. The maximum absolute atomic E-state index is 12.6. The summed E-state index contributed by atoms with van der Waals surface area (Å²) in [5.74, 6) is 0.406. The third-order valence-electron chi connectivity index (χ3n) is 3.91. The number of thiazole rings is 1. The molecular weight excluding hydrogens is 390 g/mol. The molecule has 3 aromatic rings. The van der Waals surface area contributed by atoms with Crippen molar-refractivity contribution in [2.45, 2.75) is 30.9 Å². The van der Waals surface area contributed by atoms with E-state index < -0.39 is 0 Å². The second kappa shape index (κ2) is 9.03. The van der Waals surface area contributed by atoms with Crippen LogP contribution in [0.1, 0.15) is 34.1 Å². The second-order valence-corrected chi connectivity index (χ2v) is 8.51. The molecule has 0 aliphatic carbocycles. The summed E-state index contributed by atoms with van der Waals surface area (Å²) in [4.78, 5) is 28.4. The normalized spacial score (nSPS) is 10.5. The molecule has 144 valence electrons. The number of rotatable bonds is 6. The van der Waals surface area contributed by atoms with E-state index in [0.717, 1.165) is 26.9 Å². The molecule has 2 aromatic carbocycles. The number of nitrogens with zero attached hydrogens (tertiary/aromatic N) is 1. The Hall–Kier alpha value is -2.64. The fourth-order valence-corrected chi connectivity index (χ4v) is 4.36. The number of carbonyl (C=O) groups excluding carboxylic acids is 2. The summed E-state index contributed by atoms with van der Waals surface area (Å²) in [6.45, 7) is 5.36. The Balaban J connectivity index is 1.66. The number of benzene rings is 2. The van der Waals surface area contributed by atoms with Gasteiger partial charge in [-0.3, -0.25) is 9.59 Å². The van der Waals surface area contributed by atoms with Gasteiger partial charge in [0.2, 0.25) is 5.91 Å². The SMILES string of the molecule is CC(=O)Nc1ccc(C)cc1NC(=O)c1ccc(CSc2nc(C)cs2)cc1. The van der Waals surface area contributed by atoms with Crippen LogP contribution in [0.15, 0.2) is 52.2 Å². The molecule has 5 nitrogen and oxygen atoms in total. The zero-order chi connectivity index (χ0) is 20.1. The first-order valence-electron chi connectivity index (χ1n) is 8.74. The van der Waals surface area contributed by atoms with E-state index in [1.165, 1.54) is 6.92 Å². The van der Waals surface area contributed by atoms with Crippen molar-refractivity contribution in [2.75, 3.05) is 10.6 Å². The summed E-state index contributed by atoms with van der Waals surface area (Å²) in [5.41, 5.74) is 4.89. The molecule has 0 radical (unpaired) electrons. The number of aryl methyl sites for hydroxylation is 2. The molecule has 2 amide bonds. The Bertz CT molecular complexity index is 997. The number of anilines is 2. The summed E-state index contributed by atoms with van der Waals surface area (Å²) < 4.78 is 1.05. The van der Waals surface area contributed by atoms with Crippen LogP contribution in [-0.2, 0) is 10.5 Å². The van der Waals surface area contributed by atoms with Gasteiger partial charge in [0.05, 0.1) is 11.4 Å². The molecule has 0 bridgehead atoms. The fourth-order valence-electron chi connectivity index (χ4n) is 2.55. The van der Waals surface area contributed by atoms with E-state index in [0.29, 0.717) is 16.9 Å². The summed E-state index contributed by atoms with van der Waals surface area (Å²) in [6, 6.07) is 13.0. The zero-order valence-corrected chi connectivity index (χ0v) is 17.5. The highest BCUT2D eigenvalue weighted by Crippen LogP contribution is 2.27. The molecule has 3 rings (SSSR count). The molecule has 0 aliphatic heterocycles. The Labute approximate surface area is 172 Å². The van der Waals surface area contributed by atoms with E-state index in [4.69, 9.17) is 0 Å². The number of carbonyl (C=O) groups is 2. The Morgan fingerprint density at radius 3 is 2.43 bits per heavy atom. The summed E-state index contributed by atoms with van der Waals surface area (Å²) >= 11 is 3.33. The first-order chi connectivity index (χ1) is 13.4. The molecule has 0 saturated carbocycles. The van der Waals surface area contributed by atoms with Crippen molar-refractivity contribution >= 4 is 46.3 Å². The van der Waals surface area contributed by atoms with Crippen molar-refractivity contribution < 1.29 is 9.59 Å². The van der Waals surface area contributed by atoms with Crippen molar-refractivity contribution in [1.82, 2.24) is 4.98 Å². The highest BCUT2D eigenvalue weighted by Gasteiger charge is 2.11. The molecule has 0 unspecified atom stereocenters. The summed E-state index contributed by atoms with van der Waals surface area (Å²) in [6.07, 6.45) is 0. The quantitative estimate of drug-likeness (QED) is 0.543. The van der Waals surface area contributed by atoms with Gasteiger partial charge in [-0.05, 0) is 49.2 Å². The van der Waals surface area contributed by atoms with E-state index in [-0.39, 0.29) is 11.8 Å². The van der Waals surface area contributed by atoms with E-state index >= 15 is 0 Å². The Morgan fingerprint density at radius 1 is 1.04 bits per heavy atom. The molecule has 28 heavy (non-hydrogen) atoms. The lowest BCUT2D eigenvalue weighted by Crippen LogP contribution is -2.15. The highest BCUT2D eigenvalue weighted by molar-refractivity contribution is 8.00. The molecule has 0 spiro atoms. The number of aromatic nitrogens is 1. The van der Waals surface area contributed by atoms with Gasteiger partial charge in [-0.1, -0.05) is 30.0 Å². The van der Waals surface area contributed by atoms with Gasteiger partial charge in [-0.25, -0.2) is 4.98 Å². The topological polar surface area (TPSA) is 71.1 Å². The average molecular weight is 412 g/mol. The molecule has 7 heteroatoms. The van der Waals surface area contributed by atoms with Crippen molar-refractivity contribution in [2.24, 2.45) is 0 Å². The monoisotopic (exact) mass is 411 g/mol. The number of nitrogens with one attached hydrogen (secondary N) is 2. The largest absolute Gasteiger partial charge is 0.325 e. The van der Waals surface area contributed by atoms with Crippen LogP contribution in [0.5, 0.6) is 0 Å². The number of hydrogen-bond acceptors (Lipinski definition) is 5. The third kappa shape index (κ3) is 5.43. The van der Waals surface area contributed by atoms with Crippen molar-refractivity contribution in [1.29, 1.82) is 0 Å². The lowest BCUT2D eigenvalue weighted by molar-refractivity contribution is -0.114. The highest BCUT2D eigenvalue weighted by atomic mass is 32.2. The van der Waals surface area contributed by atoms with Crippen LogP contribution in [0.2, 0.25) is 0 Å². The van der Waals surface area contributed by atoms with E-state index in [1.807, 2.05) is 55.6 Å². The van der Waals surface area contributed by atoms with Gasteiger partial charge in [0.15, 0.2) is 0 Å². The predicted molar refractivity (Wildman–Crippen MR) is 116 cm³/mol. The first-order valence-corrected chi connectivity index (χ1v) is 10.6. The van der Waals surface area contributed by atoms with E-state index in [1.54, 1.807) is 29.2 Å². The molecule has 0 saturated heterocycles. The molecule has 1 heterocycles. The molecule has 0 aliphatic rings. The molecule has 1 aromatic heterocycles. The predicted octanol–water partition coefficient (Wildman–Crippen LogP) is 5.26. The van der Waals surface area contributed by atoms with Crippen LogP contribution in [0.4, 0.5) is 11.4 Å². The van der Waals surface area contributed by atoms with Gasteiger partial charge >= 0.3 is 0 Å². The van der Waals surface area contributed by atoms with Gasteiger partial charge in [0.1, 0.15) is 4.34 Å². The van der Waals surface area contributed by atoms with Gasteiger partial charge in [-0.15, -0.1) is 11.3 Å². The van der Waals surface area contributed by atoms with Crippen molar-refractivity contribution in [3.8, 4) is 0 Å². The Morgan fingerprint density at radius 2 is 1.79 bits per heavy atom. The third-order valence-corrected chi connectivity index (χ3v) is 6.12. The van der Waals surface area contributed by atoms with Crippen LogP contribution < -0.4 is 10.6 Å². The smallest absolute Gasteiger partial charge is 0.255 e.